The SMILES string of the molecule is CC1C(=O)CCC2[C@]3(C)CC[C@@]4(C)C5CC(C)(C)CC[C@]5(C)CC[C@]4(C)C3CC[C@]12C. The van der Waals surface area contributed by atoms with Crippen molar-refractivity contribution in [2.75, 3.05) is 0 Å². The molecule has 0 N–H and O–H groups in total. The van der Waals surface area contributed by atoms with E-state index in [-0.39, 0.29) is 11.3 Å². The maximum Gasteiger partial charge on any atom is 0.136 e. The van der Waals surface area contributed by atoms with Crippen LogP contribution < -0.4 is 0 Å². The maximum absolute atomic E-state index is 12.7. The summed E-state index contributed by atoms with van der Waals surface area (Å²) in [5.41, 5.74) is 2.67. The lowest BCUT2D eigenvalue weighted by Gasteiger charge is -2.74. The van der Waals surface area contributed by atoms with Gasteiger partial charge in [-0.25, -0.2) is 0 Å². The fraction of sp³-hybridized carbons (Fsp3) is 0.967. The third-order valence-electron chi connectivity index (χ3n) is 13.7. The normalized spacial score (nSPS) is 58.5. The number of carbonyl (C=O) groups is 1. The Morgan fingerprint density at radius 1 is 0.645 bits per heavy atom. The van der Waals surface area contributed by atoms with Crippen molar-refractivity contribution in [1.29, 1.82) is 0 Å². The van der Waals surface area contributed by atoms with Gasteiger partial charge in [0.05, 0.1) is 0 Å². The number of hydrogen-bond donors (Lipinski definition) is 0. The summed E-state index contributed by atoms with van der Waals surface area (Å²) in [5.74, 6) is 3.27. The van der Waals surface area contributed by atoms with E-state index in [2.05, 4.69) is 55.4 Å². The molecule has 31 heavy (non-hydrogen) atoms. The molecule has 5 rings (SSSR count). The highest BCUT2D eigenvalue weighted by Crippen LogP contribution is 2.78. The van der Waals surface area contributed by atoms with Gasteiger partial charge >= 0.3 is 0 Å². The Kier molecular flexibility index (Phi) is 4.65. The molecule has 176 valence electrons. The fourth-order valence-corrected chi connectivity index (χ4v) is 11.2. The molecule has 0 heterocycles. The van der Waals surface area contributed by atoms with Crippen LogP contribution in [-0.2, 0) is 4.79 Å². The zero-order chi connectivity index (χ0) is 22.7. The smallest absolute Gasteiger partial charge is 0.136 e. The predicted molar refractivity (Wildman–Crippen MR) is 130 cm³/mol. The molecule has 0 aromatic heterocycles. The summed E-state index contributed by atoms with van der Waals surface area (Å²) in [6.07, 6.45) is 14.6. The van der Waals surface area contributed by atoms with Crippen LogP contribution in [0, 0.1) is 56.2 Å². The van der Waals surface area contributed by atoms with Crippen LogP contribution in [-0.4, -0.2) is 5.78 Å². The van der Waals surface area contributed by atoms with Gasteiger partial charge in [0.1, 0.15) is 5.78 Å². The molecule has 1 heteroatoms. The summed E-state index contributed by atoms with van der Waals surface area (Å²) in [6, 6.07) is 0. The number of Topliss-reactive ketones (excluding diaryl/α,β-unsaturated/α-hetero) is 1. The van der Waals surface area contributed by atoms with Gasteiger partial charge in [-0.15, -0.1) is 0 Å². The molecule has 9 atom stereocenters. The summed E-state index contributed by atoms with van der Waals surface area (Å²) in [7, 11) is 0. The number of carbonyl (C=O) groups excluding carboxylic acids is 1. The third-order valence-corrected chi connectivity index (χ3v) is 13.7. The Hall–Kier alpha value is -0.330. The second-order valence-corrected chi connectivity index (χ2v) is 15.3. The topological polar surface area (TPSA) is 17.1 Å². The van der Waals surface area contributed by atoms with E-state index in [0.717, 1.165) is 30.6 Å². The minimum absolute atomic E-state index is 0.237. The zero-order valence-electron chi connectivity index (χ0n) is 22.0. The highest BCUT2D eigenvalue weighted by atomic mass is 16.1. The van der Waals surface area contributed by atoms with Gasteiger partial charge in [-0.2, -0.15) is 0 Å². The van der Waals surface area contributed by atoms with Crippen LogP contribution in [0.15, 0.2) is 0 Å². The summed E-state index contributed by atoms with van der Waals surface area (Å²) < 4.78 is 0. The Morgan fingerprint density at radius 3 is 1.97 bits per heavy atom. The van der Waals surface area contributed by atoms with Crippen molar-refractivity contribution < 1.29 is 4.79 Å². The van der Waals surface area contributed by atoms with E-state index < -0.39 is 0 Å². The number of rotatable bonds is 0. The van der Waals surface area contributed by atoms with Crippen molar-refractivity contribution >= 4 is 5.78 Å². The molecule has 5 aliphatic rings. The van der Waals surface area contributed by atoms with E-state index in [1.807, 2.05) is 0 Å². The quantitative estimate of drug-likeness (QED) is 0.379. The minimum atomic E-state index is 0.237. The van der Waals surface area contributed by atoms with Crippen molar-refractivity contribution in [3.8, 4) is 0 Å². The predicted octanol–water partition coefficient (Wildman–Crippen LogP) is 8.46. The molecule has 0 bridgehead atoms. The second kappa shape index (κ2) is 6.41. The van der Waals surface area contributed by atoms with Crippen LogP contribution in [0.25, 0.3) is 0 Å². The first-order valence-electron chi connectivity index (χ1n) is 13.7. The Balaban J connectivity index is 1.55. The molecule has 0 saturated heterocycles. The first-order chi connectivity index (χ1) is 14.2. The molecule has 0 aromatic carbocycles. The van der Waals surface area contributed by atoms with E-state index in [0.29, 0.717) is 32.9 Å². The monoisotopic (exact) mass is 426 g/mol. The van der Waals surface area contributed by atoms with Gasteiger partial charge in [-0.05, 0) is 114 Å². The summed E-state index contributed by atoms with van der Waals surface area (Å²) in [5, 5.41) is 0. The first kappa shape index (κ1) is 22.5. The Morgan fingerprint density at radius 2 is 1.26 bits per heavy atom. The largest absolute Gasteiger partial charge is 0.299 e. The minimum Gasteiger partial charge on any atom is -0.299 e. The molecule has 4 unspecified atom stereocenters. The number of fused-ring (bicyclic) bond motifs is 7. The fourth-order valence-electron chi connectivity index (χ4n) is 11.2. The van der Waals surface area contributed by atoms with Crippen LogP contribution in [0.3, 0.4) is 0 Å². The highest BCUT2D eigenvalue weighted by Gasteiger charge is 2.70. The zero-order valence-corrected chi connectivity index (χ0v) is 22.0. The molecule has 0 spiro atoms. The highest BCUT2D eigenvalue weighted by molar-refractivity contribution is 5.82. The van der Waals surface area contributed by atoms with E-state index in [9.17, 15) is 4.79 Å². The second-order valence-electron chi connectivity index (χ2n) is 15.3. The molecule has 0 radical (unpaired) electrons. The van der Waals surface area contributed by atoms with Crippen LogP contribution >= 0.6 is 0 Å². The average Bonchev–Trinajstić information content (AvgIpc) is 2.69. The van der Waals surface area contributed by atoms with Crippen molar-refractivity contribution in [2.24, 2.45) is 56.2 Å². The molecule has 5 aliphatic carbocycles. The molecule has 1 nitrogen and oxygen atoms in total. The summed E-state index contributed by atoms with van der Waals surface area (Å²) >= 11 is 0. The molecular weight excluding hydrogens is 376 g/mol. The number of hydrogen-bond acceptors (Lipinski definition) is 1. The summed E-state index contributed by atoms with van der Waals surface area (Å²) in [6.45, 7) is 20.7. The lowest BCUT2D eigenvalue weighted by molar-refractivity contribution is -0.256. The van der Waals surface area contributed by atoms with Crippen molar-refractivity contribution in [1.82, 2.24) is 0 Å². The van der Waals surface area contributed by atoms with Crippen molar-refractivity contribution in [3.63, 3.8) is 0 Å². The first-order valence-corrected chi connectivity index (χ1v) is 13.7. The average molecular weight is 427 g/mol. The lowest BCUT2D eigenvalue weighted by atomic mass is 9.30. The van der Waals surface area contributed by atoms with Gasteiger partial charge in [0, 0.05) is 12.3 Å². The molecule has 0 aromatic rings. The molecule has 5 fully saturated rings. The van der Waals surface area contributed by atoms with Crippen LogP contribution in [0.1, 0.15) is 126 Å². The van der Waals surface area contributed by atoms with Crippen LogP contribution in [0.2, 0.25) is 0 Å². The van der Waals surface area contributed by atoms with E-state index >= 15 is 0 Å². The molecule has 5 saturated carbocycles. The van der Waals surface area contributed by atoms with Gasteiger partial charge in [-0.3, -0.25) is 4.79 Å². The van der Waals surface area contributed by atoms with Gasteiger partial charge in [0.2, 0.25) is 0 Å². The molecular formula is C30H50O. The Bertz CT molecular complexity index is 781. The standard InChI is InChI=1S/C30H50O/c1-20-21(31)9-10-22-27(20,5)12-11-23-28(22,6)16-18-30(8)24-19-25(2,3)13-14-26(24,4)15-17-29(23,30)7/h20,22-24H,9-19H2,1-8H3/t20?,22?,23?,24?,26-,27-,28+,29-,30+/m1/s1. The van der Waals surface area contributed by atoms with Gasteiger partial charge in [0.25, 0.3) is 0 Å². The lowest BCUT2D eigenvalue weighted by Crippen LogP contribution is -2.67. The third kappa shape index (κ3) is 2.70. The van der Waals surface area contributed by atoms with E-state index in [4.69, 9.17) is 0 Å². The van der Waals surface area contributed by atoms with Crippen molar-refractivity contribution in [3.05, 3.63) is 0 Å². The molecule has 0 aliphatic heterocycles. The van der Waals surface area contributed by atoms with Gasteiger partial charge < -0.3 is 0 Å². The van der Waals surface area contributed by atoms with E-state index in [1.165, 1.54) is 57.8 Å². The van der Waals surface area contributed by atoms with Gasteiger partial charge in [0.15, 0.2) is 0 Å². The van der Waals surface area contributed by atoms with Crippen LogP contribution in [0.4, 0.5) is 0 Å². The molecule has 0 amide bonds. The van der Waals surface area contributed by atoms with E-state index in [1.54, 1.807) is 0 Å². The maximum atomic E-state index is 12.7. The summed E-state index contributed by atoms with van der Waals surface area (Å²) in [4.78, 5) is 12.7. The van der Waals surface area contributed by atoms with Gasteiger partial charge in [-0.1, -0.05) is 55.4 Å². The Labute approximate surface area is 192 Å². The van der Waals surface area contributed by atoms with Crippen molar-refractivity contribution in [2.45, 2.75) is 126 Å². The number of ketones is 1. The van der Waals surface area contributed by atoms with Crippen LogP contribution in [0.5, 0.6) is 0 Å².